The van der Waals surface area contributed by atoms with Crippen molar-refractivity contribution in [3.05, 3.63) is 53.2 Å². The van der Waals surface area contributed by atoms with E-state index in [4.69, 9.17) is 14.3 Å². The van der Waals surface area contributed by atoms with E-state index in [2.05, 4.69) is 23.3 Å². The van der Waals surface area contributed by atoms with E-state index in [1.165, 1.54) is 6.26 Å². The lowest BCUT2D eigenvalue weighted by Crippen LogP contribution is -2.28. The van der Waals surface area contributed by atoms with Crippen molar-refractivity contribution >= 4 is 11.9 Å². The van der Waals surface area contributed by atoms with Crippen LogP contribution in [0, 0.1) is 5.92 Å². The van der Waals surface area contributed by atoms with E-state index in [-0.39, 0.29) is 36.4 Å². The molecule has 7 nitrogen and oxygen atoms in total. The summed E-state index contributed by atoms with van der Waals surface area (Å²) in [5, 5.41) is 12.0. The summed E-state index contributed by atoms with van der Waals surface area (Å²) in [6.07, 6.45) is 8.17. The van der Waals surface area contributed by atoms with Crippen molar-refractivity contribution in [3.8, 4) is 0 Å². The van der Waals surface area contributed by atoms with Crippen molar-refractivity contribution in [2.45, 2.75) is 76.4 Å². The quantitative estimate of drug-likeness (QED) is 0.510. The Balaban J connectivity index is 1.47. The number of carbonyl (C=O) groups excluding carboxylic acids is 1. The number of amides is 1. The summed E-state index contributed by atoms with van der Waals surface area (Å²) >= 11 is 0. The van der Waals surface area contributed by atoms with Crippen molar-refractivity contribution in [3.63, 3.8) is 0 Å². The number of rotatable bonds is 11. The van der Waals surface area contributed by atoms with Crippen LogP contribution in [-0.2, 0) is 22.4 Å². The number of oxazole rings is 1. The molecule has 0 unspecified atom stereocenters. The Bertz CT molecular complexity index is 940. The monoisotopic (exact) mass is 440 g/mol. The third kappa shape index (κ3) is 5.04. The molecular weight excluding hydrogens is 408 g/mol. The van der Waals surface area contributed by atoms with Crippen LogP contribution >= 0.6 is 0 Å². The van der Waals surface area contributed by atoms with Gasteiger partial charge >= 0.3 is 5.97 Å². The van der Waals surface area contributed by atoms with Gasteiger partial charge in [0.1, 0.15) is 6.26 Å². The lowest BCUT2D eigenvalue weighted by molar-refractivity contribution is -0.136. The number of ether oxygens (including phenoxy) is 1. The fourth-order valence-corrected chi connectivity index (χ4v) is 5.08. The van der Waals surface area contributed by atoms with E-state index in [9.17, 15) is 9.59 Å². The number of aliphatic carboxylic acids is 1. The summed E-state index contributed by atoms with van der Waals surface area (Å²) in [5.41, 5.74) is 2.54. The number of nitrogens with zero attached hydrogens (tertiary/aromatic N) is 1. The van der Waals surface area contributed by atoms with Crippen LogP contribution in [0.3, 0.4) is 0 Å². The zero-order valence-corrected chi connectivity index (χ0v) is 18.6. The molecular formula is C25H32N2O5. The molecule has 2 aliphatic heterocycles. The van der Waals surface area contributed by atoms with Crippen molar-refractivity contribution in [2.75, 3.05) is 6.54 Å². The summed E-state index contributed by atoms with van der Waals surface area (Å²) in [6, 6.07) is 8.03. The topological polar surface area (TPSA) is 102 Å². The smallest absolute Gasteiger partial charge is 0.303 e. The van der Waals surface area contributed by atoms with Gasteiger partial charge in [-0.2, -0.15) is 0 Å². The van der Waals surface area contributed by atoms with E-state index in [1.807, 2.05) is 18.2 Å². The molecule has 0 aliphatic carbocycles. The molecule has 0 spiro atoms. The van der Waals surface area contributed by atoms with Gasteiger partial charge in [-0.15, -0.1) is 0 Å². The van der Waals surface area contributed by atoms with E-state index in [0.717, 1.165) is 49.7 Å². The second-order valence-electron chi connectivity index (χ2n) is 8.88. The molecule has 2 bridgehead atoms. The SMILES string of the molecule is CCCCCNC(=O)c1coc([C@H]2[C@@H](Cc3ccccc3CCC(=O)O)[C@H]3CC[C@H]2O3)n1. The minimum Gasteiger partial charge on any atom is -0.481 e. The number of hydrogen-bond donors (Lipinski definition) is 2. The van der Waals surface area contributed by atoms with Crippen molar-refractivity contribution in [1.82, 2.24) is 10.3 Å². The fraction of sp³-hybridized carbons (Fsp3) is 0.560. The molecule has 1 aromatic carbocycles. The standard InChI is InChI=1S/C25H32N2O5/c1-2-3-6-13-26-24(30)19-15-31-25(27-19)23-18(20-10-11-21(23)32-20)14-17-8-5-4-7-16(17)9-12-22(28)29/h4-5,7-8,15,18,20-21,23H,2-3,6,9-14H2,1H3,(H,26,30)(H,28,29)/t18-,20+,21+,23-/m0/s1. The van der Waals surface area contributed by atoms with Crippen LogP contribution in [0.1, 0.15) is 78.9 Å². The Morgan fingerprint density at radius 1 is 1.16 bits per heavy atom. The molecule has 32 heavy (non-hydrogen) atoms. The molecule has 172 valence electrons. The Kier molecular flexibility index (Phi) is 7.25. The van der Waals surface area contributed by atoms with Crippen LogP contribution in [-0.4, -0.2) is 40.7 Å². The number of aryl methyl sites for hydroxylation is 1. The van der Waals surface area contributed by atoms with Crippen molar-refractivity contribution in [2.24, 2.45) is 5.92 Å². The predicted octanol–water partition coefficient (Wildman–Crippen LogP) is 4.12. The van der Waals surface area contributed by atoms with E-state index < -0.39 is 5.97 Å². The highest BCUT2D eigenvalue weighted by Gasteiger charge is 2.51. The Morgan fingerprint density at radius 2 is 1.94 bits per heavy atom. The van der Waals surface area contributed by atoms with Crippen LogP contribution in [0.4, 0.5) is 0 Å². The average molecular weight is 441 g/mol. The normalized spacial score (nSPS) is 24.0. The molecule has 4 atom stereocenters. The highest BCUT2D eigenvalue weighted by Crippen LogP contribution is 2.49. The zero-order chi connectivity index (χ0) is 22.5. The van der Waals surface area contributed by atoms with Gasteiger partial charge in [-0.1, -0.05) is 44.0 Å². The molecule has 2 N–H and O–H groups in total. The van der Waals surface area contributed by atoms with Crippen molar-refractivity contribution in [1.29, 1.82) is 0 Å². The van der Waals surface area contributed by atoms with Gasteiger partial charge in [0, 0.05) is 18.9 Å². The average Bonchev–Trinajstić information content (AvgIpc) is 3.52. The van der Waals surface area contributed by atoms with Crippen LogP contribution in [0.15, 0.2) is 34.9 Å². The summed E-state index contributed by atoms with van der Waals surface area (Å²) < 4.78 is 12.0. The van der Waals surface area contributed by atoms with E-state index in [1.54, 1.807) is 0 Å². The molecule has 0 radical (unpaired) electrons. The number of benzene rings is 1. The van der Waals surface area contributed by atoms with Crippen LogP contribution in [0.25, 0.3) is 0 Å². The molecule has 2 fully saturated rings. The number of carboxylic acid groups (broad SMARTS) is 1. The number of unbranched alkanes of at least 4 members (excludes halogenated alkanes) is 2. The fourth-order valence-electron chi connectivity index (χ4n) is 5.08. The zero-order valence-electron chi connectivity index (χ0n) is 18.6. The summed E-state index contributed by atoms with van der Waals surface area (Å²) in [6.45, 7) is 2.77. The number of nitrogens with one attached hydrogen (secondary N) is 1. The van der Waals surface area contributed by atoms with E-state index >= 15 is 0 Å². The number of carboxylic acids is 1. The van der Waals surface area contributed by atoms with Gasteiger partial charge in [-0.3, -0.25) is 9.59 Å². The number of carbonyl (C=O) groups is 2. The van der Waals surface area contributed by atoms with Crippen LogP contribution in [0.2, 0.25) is 0 Å². The molecule has 1 aromatic heterocycles. The summed E-state index contributed by atoms with van der Waals surface area (Å²) in [5.74, 6) is -0.220. The first-order valence-corrected chi connectivity index (χ1v) is 11.7. The minimum absolute atomic E-state index is 0.00270. The molecule has 0 saturated carbocycles. The molecule has 4 rings (SSSR count). The molecule has 2 aliphatic rings. The highest BCUT2D eigenvalue weighted by atomic mass is 16.5. The third-order valence-electron chi connectivity index (χ3n) is 6.71. The van der Waals surface area contributed by atoms with Crippen LogP contribution < -0.4 is 5.32 Å². The highest BCUT2D eigenvalue weighted by molar-refractivity contribution is 5.91. The largest absolute Gasteiger partial charge is 0.481 e. The van der Waals surface area contributed by atoms with Gasteiger partial charge in [-0.25, -0.2) is 4.98 Å². The number of hydrogen-bond acceptors (Lipinski definition) is 5. The minimum atomic E-state index is -0.791. The van der Waals surface area contributed by atoms with E-state index in [0.29, 0.717) is 24.6 Å². The maximum atomic E-state index is 12.4. The van der Waals surface area contributed by atoms with Gasteiger partial charge in [0.25, 0.3) is 5.91 Å². The van der Waals surface area contributed by atoms with Gasteiger partial charge in [0.2, 0.25) is 5.89 Å². The van der Waals surface area contributed by atoms with Gasteiger partial charge < -0.3 is 19.6 Å². The Morgan fingerprint density at radius 3 is 2.72 bits per heavy atom. The van der Waals surface area contributed by atoms with Crippen molar-refractivity contribution < 1.29 is 23.8 Å². The second-order valence-corrected chi connectivity index (χ2v) is 8.88. The summed E-state index contributed by atoms with van der Waals surface area (Å²) in [4.78, 5) is 28.0. The lowest BCUT2D eigenvalue weighted by Gasteiger charge is -2.26. The number of fused-ring (bicyclic) bond motifs is 2. The predicted molar refractivity (Wildman–Crippen MR) is 119 cm³/mol. The Hall–Kier alpha value is -2.67. The van der Waals surface area contributed by atoms with Crippen LogP contribution in [0.5, 0.6) is 0 Å². The van der Waals surface area contributed by atoms with Gasteiger partial charge in [0.05, 0.1) is 18.1 Å². The molecule has 7 heteroatoms. The first-order valence-electron chi connectivity index (χ1n) is 11.7. The van der Waals surface area contributed by atoms with Gasteiger partial charge in [0.15, 0.2) is 5.69 Å². The maximum Gasteiger partial charge on any atom is 0.303 e. The third-order valence-corrected chi connectivity index (χ3v) is 6.71. The molecule has 2 saturated heterocycles. The summed E-state index contributed by atoms with van der Waals surface area (Å²) in [7, 11) is 0. The lowest BCUT2D eigenvalue weighted by atomic mass is 9.75. The second kappa shape index (κ2) is 10.3. The Labute approximate surface area is 188 Å². The molecule has 3 heterocycles. The first kappa shape index (κ1) is 22.5. The van der Waals surface area contributed by atoms with Gasteiger partial charge in [-0.05, 0) is 43.2 Å². The maximum absolute atomic E-state index is 12.4. The molecule has 2 aromatic rings. The number of aromatic nitrogens is 1. The first-order chi connectivity index (χ1) is 15.6. The molecule has 1 amide bonds.